The van der Waals surface area contributed by atoms with E-state index in [1.807, 2.05) is 0 Å². The largest absolute Gasteiger partial charge is 0.316 e. The van der Waals surface area contributed by atoms with Crippen molar-refractivity contribution in [3.05, 3.63) is 33.8 Å². The summed E-state index contributed by atoms with van der Waals surface area (Å²) in [4.78, 5) is 2.43. The van der Waals surface area contributed by atoms with E-state index < -0.39 is 0 Å². The van der Waals surface area contributed by atoms with E-state index in [2.05, 4.69) is 51.4 Å². The van der Waals surface area contributed by atoms with Crippen molar-refractivity contribution >= 4 is 15.9 Å². The molecule has 2 aliphatic rings. The van der Waals surface area contributed by atoms with E-state index in [4.69, 9.17) is 0 Å². The molecule has 0 aromatic heterocycles. The van der Waals surface area contributed by atoms with Gasteiger partial charge in [-0.1, -0.05) is 28.1 Å². The maximum atomic E-state index is 3.80. The average Bonchev–Trinajstić information content (AvgIpc) is 2.86. The highest BCUT2D eigenvalue weighted by Crippen LogP contribution is 2.34. The average molecular weight is 323 g/mol. The van der Waals surface area contributed by atoms with Gasteiger partial charge in [-0.25, -0.2) is 0 Å². The third-order valence-corrected chi connectivity index (χ3v) is 5.31. The normalized spacial score (nSPS) is 28.7. The zero-order valence-corrected chi connectivity index (χ0v) is 13.2. The van der Waals surface area contributed by atoms with Crippen molar-refractivity contribution in [3.8, 4) is 0 Å². The molecule has 3 heteroatoms. The van der Waals surface area contributed by atoms with Gasteiger partial charge in [0.25, 0.3) is 0 Å². The van der Waals surface area contributed by atoms with Crippen molar-refractivity contribution in [2.45, 2.75) is 31.1 Å². The summed E-state index contributed by atoms with van der Waals surface area (Å²) in [7, 11) is 2.22. The SMILES string of the molecule is CN1CCC(c2ccc(C3CCCNC3)cc2Br)C1. The molecule has 2 fully saturated rings. The van der Waals surface area contributed by atoms with Crippen LogP contribution in [0.4, 0.5) is 0 Å². The molecule has 0 spiro atoms. The fourth-order valence-electron chi connectivity index (χ4n) is 3.45. The standard InChI is InChI=1S/C16H23BrN2/c1-19-8-6-14(11-19)15-5-4-12(9-16(15)17)13-3-2-7-18-10-13/h4-5,9,13-14,18H,2-3,6-8,10-11H2,1H3. The third kappa shape index (κ3) is 3.04. The van der Waals surface area contributed by atoms with Gasteiger partial charge in [-0.15, -0.1) is 0 Å². The van der Waals surface area contributed by atoms with Gasteiger partial charge in [-0.3, -0.25) is 0 Å². The Labute approximate surface area is 124 Å². The third-order valence-electron chi connectivity index (χ3n) is 4.62. The molecule has 3 rings (SSSR count). The summed E-state index contributed by atoms with van der Waals surface area (Å²) in [5.41, 5.74) is 2.99. The molecule has 1 aromatic carbocycles. The molecule has 1 N–H and O–H groups in total. The fraction of sp³-hybridized carbons (Fsp3) is 0.625. The van der Waals surface area contributed by atoms with Gasteiger partial charge in [-0.2, -0.15) is 0 Å². The molecule has 0 aliphatic carbocycles. The van der Waals surface area contributed by atoms with Gasteiger partial charge in [0.05, 0.1) is 0 Å². The number of rotatable bonds is 2. The van der Waals surface area contributed by atoms with E-state index in [1.54, 1.807) is 0 Å². The Morgan fingerprint density at radius 2 is 2.16 bits per heavy atom. The molecule has 2 unspecified atom stereocenters. The highest BCUT2D eigenvalue weighted by atomic mass is 79.9. The van der Waals surface area contributed by atoms with E-state index in [0.29, 0.717) is 11.8 Å². The molecule has 2 saturated heterocycles. The van der Waals surface area contributed by atoms with Crippen LogP contribution in [0.1, 0.15) is 42.2 Å². The number of benzene rings is 1. The molecule has 19 heavy (non-hydrogen) atoms. The molecule has 1 aromatic rings. The van der Waals surface area contributed by atoms with Gasteiger partial charge in [-0.05, 0) is 68.4 Å². The summed E-state index contributed by atoms with van der Waals surface area (Å²) in [5, 5.41) is 3.51. The number of likely N-dealkylation sites (tertiary alicyclic amines) is 1. The van der Waals surface area contributed by atoms with Crippen LogP contribution in [-0.2, 0) is 0 Å². The van der Waals surface area contributed by atoms with Crippen molar-refractivity contribution < 1.29 is 0 Å². The molecule has 0 saturated carbocycles. The summed E-state index contributed by atoms with van der Waals surface area (Å²) in [6.07, 6.45) is 3.92. The minimum absolute atomic E-state index is 0.699. The highest BCUT2D eigenvalue weighted by molar-refractivity contribution is 9.10. The van der Waals surface area contributed by atoms with Crippen LogP contribution < -0.4 is 5.32 Å². The number of likely N-dealkylation sites (N-methyl/N-ethyl adjacent to an activating group) is 1. The first kappa shape index (κ1) is 13.6. The lowest BCUT2D eigenvalue weighted by atomic mass is 9.89. The van der Waals surface area contributed by atoms with Gasteiger partial charge in [0.1, 0.15) is 0 Å². The van der Waals surface area contributed by atoms with Crippen LogP contribution in [0.3, 0.4) is 0 Å². The maximum absolute atomic E-state index is 3.80. The first-order chi connectivity index (χ1) is 9.24. The first-order valence-electron chi connectivity index (χ1n) is 7.42. The minimum Gasteiger partial charge on any atom is -0.316 e. The number of piperidine rings is 1. The molecule has 2 atom stereocenters. The minimum atomic E-state index is 0.699. The number of nitrogens with zero attached hydrogens (tertiary/aromatic N) is 1. The zero-order valence-electron chi connectivity index (χ0n) is 11.7. The second-order valence-electron chi connectivity index (χ2n) is 6.07. The van der Waals surface area contributed by atoms with Gasteiger partial charge < -0.3 is 10.2 Å². The quantitative estimate of drug-likeness (QED) is 0.898. The topological polar surface area (TPSA) is 15.3 Å². The van der Waals surface area contributed by atoms with Gasteiger partial charge in [0, 0.05) is 17.6 Å². The predicted molar refractivity (Wildman–Crippen MR) is 83.8 cm³/mol. The Morgan fingerprint density at radius 3 is 2.79 bits per heavy atom. The number of hydrogen-bond acceptors (Lipinski definition) is 2. The van der Waals surface area contributed by atoms with Crippen LogP contribution in [0.25, 0.3) is 0 Å². The molecular weight excluding hydrogens is 300 g/mol. The van der Waals surface area contributed by atoms with Crippen molar-refractivity contribution in [1.29, 1.82) is 0 Å². The lowest BCUT2D eigenvalue weighted by Gasteiger charge is -2.24. The second kappa shape index (κ2) is 5.94. The van der Waals surface area contributed by atoms with Gasteiger partial charge >= 0.3 is 0 Å². The summed E-state index contributed by atoms with van der Waals surface area (Å²) in [6.45, 7) is 4.75. The molecule has 0 bridgehead atoms. The van der Waals surface area contributed by atoms with Crippen LogP contribution in [0, 0.1) is 0 Å². The van der Waals surface area contributed by atoms with E-state index in [-0.39, 0.29) is 0 Å². The van der Waals surface area contributed by atoms with E-state index >= 15 is 0 Å². The van der Waals surface area contributed by atoms with E-state index in [9.17, 15) is 0 Å². The fourth-order valence-corrected chi connectivity index (χ4v) is 4.17. The summed E-state index contributed by atoms with van der Waals surface area (Å²) >= 11 is 3.80. The molecule has 2 heterocycles. The Kier molecular flexibility index (Phi) is 4.25. The molecule has 104 valence electrons. The van der Waals surface area contributed by atoms with Crippen LogP contribution in [0.5, 0.6) is 0 Å². The molecule has 2 aliphatic heterocycles. The lowest BCUT2D eigenvalue weighted by molar-refractivity contribution is 0.411. The van der Waals surface area contributed by atoms with Crippen LogP contribution in [0.15, 0.2) is 22.7 Å². The Balaban J connectivity index is 1.77. The van der Waals surface area contributed by atoms with Crippen molar-refractivity contribution in [3.63, 3.8) is 0 Å². The molecule has 0 amide bonds. The molecular formula is C16H23BrN2. The monoisotopic (exact) mass is 322 g/mol. The highest BCUT2D eigenvalue weighted by Gasteiger charge is 2.23. The number of hydrogen-bond donors (Lipinski definition) is 1. The Morgan fingerprint density at radius 1 is 1.26 bits per heavy atom. The van der Waals surface area contributed by atoms with Crippen LogP contribution >= 0.6 is 15.9 Å². The predicted octanol–water partition coefficient (Wildman–Crippen LogP) is 3.34. The Hall–Kier alpha value is -0.380. The number of halogens is 1. The Bertz CT molecular complexity index is 440. The van der Waals surface area contributed by atoms with Gasteiger partial charge in [0.15, 0.2) is 0 Å². The smallest absolute Gasteiger partial charge is 0.0213 e. The number of nitrogens with one attached hydrogen (secondary N) is 1. The van der Waals surface area contributed by atoms with Crippen LogP contribution in [-0.4, -0.2) is 38.1 Å². The zero-order chi connectivity index (χ0) is 13.2. The summed E-state index contributed by atoms with van der Waals surface area (Å²) in [6, 6.07) is 7.08. The maximum Gasteiger partial charge on any atom is 0.0213 e. The van der Waals surface area contributed by atoms with Gasteiger partial charge in [0.2, 0.25) is 0 Å². The lowest BCUT2D eigenvalue weighted by Crippen LogP contribution is -2.28. The van der Waals surface area contributed by atoms with Crippen molar-refractivity contribution in [2.24, 2.45) is 0 Å². The first-order valence-corrected chi connectivity index (χ1v) is 8.22. The second-order valence-corrected chi connectivity index (χ2v) is 6.93. The van der Waals surface area contributed by atoms with E-state index in [1.165, 1.54) is 54.5 Å². The van der Waals surface area contributed by atoms with Crippen molar-refractivity contribution in [1.82, 2.24) is 10.2 Å². The summed E-state index contributed by atoms with van der Waals surface area (Å²) in [5.74, 6) is 1.41. The van der Waals surface area contributed by atoms with Crippen molar-refractivity contribution in [2.75, 3.05) is 33.2 Å². The van der Waals surface area contributed by atoms with E-state index in [0.717, 1.165) is 6.54 Å². The molecule has 0 radical (unpaired) electrons. The van der Waals surface area contributed by atoms with Crippen LogP contribution in [0.2, 0.25) is 0 Å². The molecule has 2 nitrogen and oxygen atoms in total. The summed E-state index contributed by atoms with van der Waals surface area (Å²) < 4.78 is 1.32.